The maximum atomic E-state index is 10.3. The summed E-state index contributed by atoms with van der Waals surface area (Å²) in [7, 11) is 0. The van der Waals surface area contributed by atoms with Gasteiger partial charge in [0.2, 0.25) is 0 Å². The quantitative estimate of drug-likeness (QED) is 0.727. The number of nitrogens with one attached hydrogen (secondary N) is 1. The number of aromatic nitrogens is 4. The van der Waals surface area contributed by atoms with Gasteiger partial charge in [0.15, 0.2) is 5.65 Å². The second-order valence-corrected chi connectivity index (χ2v) is 5.14. The lowest BCUT2D eigenvalue weighted by atomic mass is 9.87. The van der Waals surface area contributed by atoms with Crippen LogP contribution in [-0.4, -0.2) is 37.7 Å². The van der Waals surface area contributed by atoms with Crippen LogP contribution in [0.3, 0.4) is 0 Å². The molecule has 4 N–H and O–H groups in total. The lowest BCUT2D eigenvalue weighted by Crippen LogP contribution is -2.26. The van der Waals surface area contributed by atoms with E-state index in [4.69, 9.17) is 5.73 Å². The van der Waals surface area contributed by atoms with Gasteiger partial charge in [0.1, 0.15) is 11.3 Å². The molecule has 6 heteroatoms. The first-order chi connectivity index (χ1) is 9.13. The minimum absolute atomic E-state index is 0.0901. The van der Waals surface area contributed by atoms with Crippen molar-refractivity contribution in [3.63, 3.8) is 0 Å². The molecule has 0 saturated heterocycles. The Balaban J connectivity index is 2.26. The van der Waals surface area contributed by atoms with E-state index in [2.05, 4.69) is 33.8 Å². The van der Waals surface area contributed by atoms with Crippen LogP contribution in [0.5, 0.6) is 0 Å². The van der Waals surface area contributed by atoms with E-state index in [1.165, 1.54) is 0 Å². The van der Waals surface area contributed by atoms with Crippen LogP contribution in [-0.2, 0) is 0 Å². The number of imidazole rings is 1. The van der Waals surface area contributed by atoms with Gasteiger partial charge in [-0.1, -0.05) is 13.8 Å². The Labute approximate surface area is 112 Å². The summed E-state index contributed by atoms with van der Waals surface area (Å²) in [6.45, 7) is 4.71. The molecule has 2 aromatic rings. The Kier molecular flexibility index (Phi) is 4.44. The SMILES string of the molecule is CC(C)C(c1ncc2[nH]cnc2n1)C(O)CCCN. The van der Waals surface area contributed by atoms with Crippen molar-refractivity contribution in [3.8, 4) is 0 Å². The summed E-state index contributed by atoms with van der Waals surface area (Å²) >= 11 is 0. The van der Waals surface area contributed by atoms with Crippen LogP contribution in [0.15, 0.2) is 12.5 Å². The molecule has 0 aromatic carbocycles. The largest absolute Gasteiger partial charge is 0.392 e. The lowest BCUT2D eigenvalue weighted by Gasteiger charge is -2.24. The molecule has 6 nitrogen and oxygen atoms in total. The second kappa shape index (κ2) is 6.08. The predicted octanol–water partition coefficient (Wildman–Crippen LogP) is 1.19. The van der Waals surface area contributed by atoms with Crippen LogP contribution in [0, 0.1) is 5.92 Å². The Morgan fingerprint density at radius 2 is 2.16 bits per heavy atom. The average Bonchev–Trinajstić information content (AvgIpc) is 2.83. The lowest BCUT2D eigenvalue weighted by molar-refractivity contribution is 0.108. The monoisotopic (exact) mass is 263 g/mol. The molecule has 2 heterocycles. The average molecular weight is 263 g/mol. The van der Waals surface area contributed by atoms with Gasteiger partial charge in [-0.2, -0.15) is 0 Å². The van der Waals surface area contributed by atoms with Crippen molar-refractivity contribution in [3.05, 3.63) is 18.3 Å². The van der Waals surface area contributed by atoms with Crippen molar-refractivity contribution in [1.82, 2.24) is 19.9 Å². The predicted molar refractivity (Wildman–Crippen MR) is 73.6 cm³/mol. The Bertz CT molecular complexity index is 524. The van der Waals surface area contributed by atoms with E-state index in [9.17, 15) is 5.11 Å². The summed E-state index contributed by atoms with van der Waals surface area (Å²) in [6, 6.07) is 0. The highest BCUT2D eigenvalue weighted by Gasteiger charge is 2.27. The number of nitrogens with zero attached hydrogens (tertiary/aromatic N) is 3. The third-order valence-corrected chi connectivity index (χ3v) is 3.33. The van der Waals surface area contributed by atoms with Gasteiger partial charge in [0.05, 0.1) is 18.6 Å². The van der Waals surface area contributed by atoms with E-state index >= 15 is 0 Å². The maximum Gasteiger partial charge on any atom is 0.180 e. The van der Waals surface area contributed by atoms with E-state index in [0.717, 1.165) is 11.9 Å². The highest BCUT2D eigenvalue weighted by molar-refractivity contribution is 5.68. The zero-order valence-corrected chi connectivity index (χ0v) is 11.4. The van der Waals surface area contributed by atoms with E-state index in [-0.39, 0.29) is 11.8 Å². The van der Waals surface area contributed by atoms with Gasteiger partial charge < -0.3 is 15.8 Å². The van der Waals surface area contributed by atoms with Gasteiger partial charge in [-0.15, -0.1) is 0 Å². The molecule has 0 aliphatic rings. The molecule has 0 amide bonds. The van der Waals surface area contributed by atoms with Crippen LogP contribution >= 0.6 is 0 Å². The van der Waals surface area contributed by atoms with Gasteiger partial charge >= 0.3 is 0 Å². The van der Waals surface area contributed by atoms with Crippen molar-refractivity contribution in [2.24, 2.45) is 11.7 Å². The van der Waals surface area contributed by atoms with Crippen LogP contribution in [0.1, 0.15) is 38.4 Å². The fraction of sp³-hybridized carbons (Fsp3) is 0.615. The molecule has 0 radical (unpaired) electrons. The highest BCUT2D eigenvalue weighted by atomic mass is 16.3. The molecule has 2 aromatic heterocycles. The number of aliphatic hydroxyl groups excluding tert-OH is 1. The molecule has 0 spiro atoms. The molecule has 0 aliphatic heterocycles. The van der Waals surface area contributed by atoms with E-state index < -0.39 is 6.10 Å². The molecule has 0 bridgehead atoms. The van der Waals surface area contributed by atoms with Crippen molar-refractivity contribution >= 4 is 11.2 Å². The van der Waals surface area contributed by atoms with Crippen molar-refractivity contribution in [2.45, 2.75) is 38.7 Å². The summed E-state index contributed by atoms with van der Waals surface area (Å²) in [5, 5.41) is 10.3. The zero-order chi connectivity index (χ0) is 13.8. The molecule has 2 rings (SSSR count). The normalized spacial score (nSPS) is 15.0. The van der Waals surface area contributed by atoms with Crippen molar-refractivity contribution < 1.29 is 5.11 Å². The summed E-state index contributed by atoms with van der Waals surface area (Å²) in [6.07, 6.45) is 4.31. The number of rotatable bonds is 6. The molecule has 104 valence electrons. The minimum atomic E-state index is -0.472. The molecule has 0 fully saturated rings. The van der Waals surface area contributed by atoms with Gasteiger partial charge in [-0.05, 0) is 25.3 Å². The number of hydrogen-bond acceptors (Lipinski definition) is 5. The van der Waals surface area contributed by atoms with Gasteiger partial charge in [-0.25, -0.2) is 15.0 Å². The number of fused-ring (bicyclic) bond motifs is 1. The fourth-order valence-electron chi connectivity index (χ4n) is 2.33. The summed E-state index contributed by atoms with van der Waals surface area (Å²) < 4.78 is 0. The standard InChI is InChI=1S/C13H21N5O/c1-8(2)11(10(19)4-3-5-14)13-15-6-9-12(18-13)17-7-16-9/h6-8,10-11,19H,3-5,14H2,1-2H3,(H,15,16,17,18). The van der Waals surface area contributed by atoms with E-state index in [1.807, 2.05) is 0 Å². The number of aromatic amines is 1. The van der Waals surface area contributed by atoms with E-state index in [0.29, 0.717) is 24.4 Å². The number of nitrogens with two attached hydrogens (primary N) is 1. The molecule has 2 atom stereocenters. The molecule has 0 aliphatic carbocycles. The van der Waals surface area contributed by atoms with Crippen LogP contribution in [0.2, 0.25) is 0 Å². The summed E-state index contributed by atoms with van der Waals surface area (Å²) in [5.74, 6) is 0.816. The first kappa shape index (κ1) is 13.9. The number of aliphatic hydroxyl groups is 1. The van der Waals surface area contributed by atoms with Crippen molar-refractivity contribution in [1.29, 1.82) is 0 Å². The molecular weight excluding hydrogens is 242 g/mol. The third-order valence-electron chi connectivity index (χ3n) is 3.33. The molecule has 19 heavy (non-hydrogen) atoms. The van der Waals surface area contributed by atoms with Crippen LogP contribution in [0.4, 0.5) is 0 Å². The molecule has 2 unspecified atom stereocenters. The fourth-order valence-corrected chi connectivity index (χ4v) is 2.33. The molecule has 0 saturated carbocycles. The minimum Gasteiger partial charge on any atom is -0.392 e. The highest BCUT2D eigenvalue weighted by Crippen LogP contribution is 2.28. The Hall–Kier alpha value is -1.53. The first-order valence-corrected chi connectivity index (χ1v) is 6.67. The zero-order valence-electron chi connectivity index (χ0n) is 11.4. The smallest absolute Gasteiger partial charge is 0.180 e. The van der Waals surface area contributed by atoms with Crippen molar-refractivity contribution in [2.75, 3.05) is 6.54 Å². The van der Waals surface area contributed by atoms with Gasteiger partial charge in [-0.3, -0.25) is 0 Å². The summed E-state index contributed by atoms with van der Waals surface area (Å²) in [5.41, 5.74) is 6.94. The summed E-state index contributed by atoms with van der Waals surface area (Å²) in [4.78, 5) is 15.9. The van der Waals surface area contributed by atoms with Crippen LogP contribution in [0.25, 0.3) is 11.2 Å². The number of H-pyrrole nitrogens is 1. The maximum absolute atomic E-state index is 10.3. The first-order valence-electron chi connectivity index (χ1n) is 6.67. The Morgan fingerprint density at radius 1 is 1.37 bits per heavy atom. The second-order valence-electron chi connectivity index (χ2n) is 5.14. The topological polar surface area (TPSA) is 101 Å². The van der Waals surface area contributed by atoms with E-state index in [1.54, 1.807) is 12.5 Å². The van der Waals surface area contributed by atoms with Gasteiger partial charge in [0, 0.05) is 5.92 Å². The van der Waals surface area contributed by atoms with Crippen LogP contribution < -0.4 is 5.73 Å². The Morgan fingerprint density at radius 3 is 2.84 bits per heavy atom. The van der Waals surface area contributed by atoms with Gasteiger partial charge in [0.25, 0.3) is 0 Å². The third kappa shape index (κ3) is 3.08. The number of hydrogen-bond donors (Lipinski definition) is 3. The molecular formula is C13H21N5O.